The van der Waals surface area contributed by atoms with Gasteiger partial charge in [0.15, 0.2) is 31.3 Å². The van der Waals surface area contributed by atoms with Gasteiger partial charge in [-0.05, 0) is 0 Å². The van der Waals surface area contributed by atoms with Gasteiger partial charge >= 0.3 is 0 Å². The van der Waals surface area contributed by atoms with Gasteiger partial charge in [-0.25, -0.2) is 5.90 Å². The number of ether oxygens (including phenoxy) is 7. The molecule has 4 fully saturated rings. The third-order valence-corrected chi connectivity index (χ3v) is 9.12. The standard InChI is InChI=1S/C28H49N3O21/c1-7(35)30-13-17(39)22(10(4-33)46-25(13)44)50-26-14(31-8(2)36)18(40)23(11(5-34)48-26)51-27-21(43)19(41)16(38)12(49-27)6-45-28-24(52-29)20(42)15(37)9(3-32)47-28/h9-28,32-34,37-44H,3-6,29H2,1-2H3,(H,30,35)(H,31,36)/t9-,10-,11-,12-,13-,14-,15-,16-,17-,18-,19+,20+,21+,22-,23-,24+,25-,26+,27+,28+/m1/s1. The molecule has 0 unspecified atom stereocenters. The largest absolute Gasteiger partial charge is 0.394 e. The Balaban J connectivity index is 1.51. The monoisotopic (exact) mass is 763 g/mol. The zero-order valence-corrected chi connectivity index (χ0v) is 28.0. The minimum Gasteiger partial charge on any atom is -0.394 e. The van der Waals surface area contributed by atoms with Crippen LogP contribution in [0.2, 0.25) is 0 Å². The molecule has 0 aromatic heterocycles. The first kappa shape index (κ1) is 42.9. The quantitative estimate of drug-likeness (QED) is 0.0774. The molecule has 0 spiro atoms. The minimum absolute atomic E-state index is 0.655. The van der Waals surface area contributed by atoms with E-state index >= 15 is 0 Å². The average molecular weight is 764 g/mol. The number of amides is 2. The van der Waals surface area contributed by atoms with Crippen molar-refractivity contribution in [3.05, 3.63) is 0 Å². The van der Waals surface area contributed by atoms with Gasteiger partial charge in [0.2, 0.25) is 11.8 Å². The van der Waals surface area contributed by atoms with Gasteiger partial charge in [0.25, 0.3) is 0 Å². The average Bonchev–Trinajstić information content (AvgIpc) is 3.10. The van der Waals surface area contributed by atoms with Gasteiger partial charge in [0.1, 0.15) is 91.4 Å². The van der Waals surface area contributed by atoms with Crippen molar-refractivity contribution in [2.24, 2.45) is 5.90 Å². The number of hydrogen-bond acceptors (Lipinski definition) is 22. The maximum absolute atomic E-state index is 12.2. The molecule has 2 amide bonds. The topological polar surface area (TPSA) is 381 Å². The van der Waals surface area contributed by atoms with Crippen molar-refractivity contribution in [1.82, 2.24) is 10.6 Å². The molecule has 15 N–H and O–H groups in total. The molecule has 0 bridgehead atoms. The fourth-order valence-corrected chi connectivity index (χ4v) is 6.38. The molecule has 24 heteroatoms. The van der Waals surface area contributed by atoms with Crippen LogP contribution >= 0.6 is 0 Å². The van der Waals surface area contributed by atoms with Crippen LogP contribution < -0.4 is 16.5 Å². The summed E-state index contributed by atoms with van der Waals surface area (Å²) in [6.45, 7) is -0.940. The predicted molar refractivity (Wildman–Crippen MR) is 160 cm³/mol. The van der Waals surface area contributed by atoms with Crippen molar-refractivity contribution in [3.63, 3.8) is 0 Å². The maximum atomic E-state index is 12.2. The van der Waals surface area contributed by atoms with Crippen molar-refractivity contribution in [3.8, 4) is 0 Å². The molecule has 4 heterocycles. The van der Waals surface area contributed by atoms with Crippen LogP contribution in [0.25, 0.3) is 0 Å². The van der Waals surface area contributed by atoms with Gasteiger partial charge in [0.05, 0.1) is 26.4 Å². The van der Waals surface area contributed by atoms with E-state index in [-0.39, 0.29) is 0 Å². The first-order chi connectivity index (χ1) is 24.6. The summed E-state index contributed by atoms with van der Waals surface area (Å²) in [6.07, 6.45) is -30.2. The Morgan fingerprint density at radius 2 is 1.04 bits per heavy atom. The summed E-state index contributed by atoms with van der Waals surface area (Å²) in [4.78, 5) is 28.5. The SMILES string of the molecule is CC(=O)N[C@@H]1[C@@H](O)[C@H](O[C@@H]2O[C@H](CO)[C@@H](O[C@@H]3O[C@H](CO[C@H]4O[C@H](CO)[C@@H](O)[C@H](O)[C@@H]4ON)[C@@H](O)[C@H](O)[C@@H]3O)[C@H](O)[C@H]2NC(C)=O)[C@@H](CO)O[C@H]1O. The fourth-order valence-electron chi connectivity index (χ4n) is 6.38. The molecule has 4 rings (SSSR count). The highest BCUT2D eigenvalue weighted by atomic mass is 16.8. The highest BCUT2D eigenvalue weighted by Crippen LogP contribution is 2.33. The lowest BCUT2D eigenvalue weighted by Crippen LogP contribution is -2.70. The van der Waals surface area contributed by atoms with Crippen molar-refractivity contribution in [1.29, 1.82) is 0 Å². The second kappa shape index (κ2) is 18.7. The number of aliphatic hydroxyl groups is 11. The van der Waals surface area contributed by atoms with Gasteiger partial charge in [-0.15, -0.1) is 0 Å². The van der Waals surface area contributed by atoms with E-state index in [4.69, 9.17) is 39.1 Å². The molecule has 0 radical (unpaired) electrons. The number of aliphatic hydroxyl groups excluding tert-OH is 11. The van der Waals surface area contributed by atoms with E-state index in [0.717, 1.165) is 13.8 Å². The zero-order chi connectivity index (χ0) is 38.6. The van der Waals surface area contributed by atoms with Gasteiger partial charge in [-0.3, -0.25) is 14.4 Å². The summed E-state index contributed by atoms with van der Waals surface area (Å²) in [7, 11) is 0. The minimum atomic E-state index is -2.00. The molecule has 0 saturated carbocycles. The van der Waals surface area contributed by atoms with E-state index in [1.54, 1.807) is 0 Å². The summed E-state index contributed by atoms with van der Waals surface area (Å²) < 4.78 is 39.3. The van der Waals surface area contributed by atoms with Crippen LogP contribution in [0.3, 0.4) is 0 Å². The third kappa shape index (κ3) is 9.32. The Labute approximate surface area is 295 Å². The van der Waals surface area contributed by atoms with Crippen LogP contribution in [-0.2, 0) is 47.6 Å². The molecular formula is C28H49N3O21. The van der Waals surface area contributed by atoms with Crippen LogP contribution in [0, 0.1) is 0 Å². The lowest BCUT2D eigenvalue weighted by atomic mass is 9.94. The molecule has 4 aliphatic rings. The molecule has 0 aromatic rings. The smallest absolute Gasteiger partial charge is 0.217 e. The molecule has 4 saturated heterocycles. The van der Waals surface area contributed by atoms with Gasteiger partial charge in [0, 0.05) is 13.8 Å². The van der Waals surface area contributed by atoms with Gasteiger partial charge in [-0.2, -0.15) is 0 Å². The van der Waals surface area contributed by atoms with Gasteiger partial charge < -0.3 is 100.0 Å². The van der Waals surface area contributed by atoms with E-state index in [9.17, 15) is 65.8 Å². The van der Waals surface area contributed by atoms with Gasteiger partial charge in [-0.1, -0.05) is 0 Å². The molecule has 4 aliphatic heterocycles. The first-order valence-electron chi connectivity index (χ1n) is 16.3. The number of nitrogens with two attached hydrogens (primary N) is 1. The first-order valence-corrected chi connectivity index (χ1v) is 16.3. The summed E-state index contributed by atoms with van der Waals surface area (Å²) in [6, 6.07) is -3.02. The molecule has 24 nitrogen and oxygen atoms in total. The van der Waals surface area contributed by atoms with E-state index < -0.39 is 161 Å². The molecule has 0 aromatic carbocycles. The molecule has 302 valence electrons. The summed E-state index contributed by atoms with van der Waals surface area (Å²) >= 11 is 0. The van der Waals surface area contributed by atoms with Crippen molar-refractivity contribution < 1.29 is 104 Å². The van der Waals surface area contributed by atoms with E-state index in [2.05, 4.69) is 15.5 Å². The fraction of sp³-hybridized carbons (Fsp3) is 0.929. The zero-order valence-electron chi connectivity index (χ0n) is 28.0. The lowest BCUT2D eigenvalue weighted by molar-refractivity contribution is -0.366. The van der Waals surface area contributed by atoms with E-state index in [1.807, 2.05) is 0 Å². The molecule has 52 heavy (non-hydrogen) atoms. The molecule has 0 aliphatic carbocycles. The van der Waals surface area contributed by atoms with Crippen molar-refractivity contribution in [2.75, 3.05) is 26.4 Å². The second-order valence-corrected chi connectivity index (χ2v) is 12.8. The van der Waals surface area contributed by atoms with Crippen LogP contribution in [0.4, 0.5) is 0 Å². The third-order valence-electron chi connectivity index (χ3n) is 9.12. The Morgan fingerprint density at radius 1 is 0.558 bits per heavy atom. The number of hydrogen-bond donors (Lipinski definition) is 14. The Hall–Kier alpha value is -1.86. The van der Waals surface area contributed by atoms with E-state index in [0.29, 0.717) is 0 Å². The predicted octanol–water partition coefficient (Wildman–Crippen LogP) is -9.56. The van der Waals surface area contributed by atoms with E-state index in [1.165, 1.54) is 0 Å². The normalized spacial score (nSPS) is 47.1. The maximum Gasteiger partial charge on any atom is 0.217 e. The summed E-state index contributed by atoms with van der Waals surface area (Å²) in [5.74, 6) is 3.83. The van der Waals surface area contributed by atoms with Crippen LogP contribution in [0.15, 0.2) is 0 Å². The van der Waals surface area contributed by atoms with Crippen molar-refractivity contribution in [2.45, 2.75) is 137 Å². The highest BCUT2D eigenvalue weighted by molar-refractivity contribution is 5.73. The number of carbonyl (C=O) groups is 2. The number of rotatable bonds is 13. The summed E-state index contributed by atoms with van der Waals surface area (Å²) in [5.41, 5.74) is 0. The highest BCUT2D eigenvalue weighted by Gasteiger charge is 2.54. The molecule has 20 atom stereocenters. The Morgan fingerprint density at radius 3 is 1.60 bits per heavy atom. The Kier molecular flexibility index (Phi) is 15.4. The summed E-state index contributed by atoms with van der Waals surface area (Å²) in [5, 5.41) is 119. The second-order valence-electron chi connectivity index (χ2n) is 12.8. The van der Waals surface area contributed by atoms with Crippen LogP contribution in [0.5, 0.6) is 0 Å². The van der Waals surface area contributed by atoms with Crippen LogP contribution in [0.1, 0.15) is 13.8 Å². The number of carbonyl (C=O) groups excluding carboxylic acids is 2. The molecular weight excluding hydrogens is 714 g/mol. The van der Waals surface area contributed by atoms with Crippen molar-refractivity contribution >= 4 is 11.8 Å². The van der Waals surface area contributed by atoms with Crippen LogP contribution in [-0.4, -0.2) is 217 Å². The Bertz CT molecular complexity index is 1160. The lowest BCUT2D eigenvalue weighted by Gasteiger charge is -2.49. The number of nitrogens with one attached hydrogen (secondary N) is 2.